The molecule has 11 heavy (non-hydrogen) atoms. The lowest BCUT2D eigenvalue weighted by Gasteiger charge is -2.10. The zero-order valence-electron chi connectivity index (χ0n) is 6.05. The SMILES string of the molecule is CNCC1=C[N]C(=O)NC1=O. The third-order valence-corrected chi connectivity index (χ3v) is 1.22. The van der Waals surface area contributed by atoms with E-state index in [2.05, 4.69) is 16.0 Å². The van der Waals surface area contributed by atoms with Crippen molar-refractivity contribution in [3.63, 3.8) is 0 Å². The molecule has 2 N–H and O–H groups in total. The minimum atomic E-state index is -0.602. The van der Waals surface area contributed by atoms with Crippen LogP contribution in [0.3, 0.4) is 0 Å². The number of nitrogens with zero attached hydrogens (tertiary/aromatic N) is 1. The molecule has 0 aromatic heterocycles. The number of urea groups is 1. The number of carbonyl (C=O) groups excluding carboxylic acids is 2. The van der Waals surface area contributed by atoms with Crippen molar-refractivity contribution in [1.29, 1.82) is 0 Å². The van der Waals surface area contributed by atoms with Gasteiger partial charge in [0.05, 0.1) is 0 Å². The number of imide groups is 1. The van der Waals surface area contributed by atoms with Crippen molar-refractivity contribution < 1.29 is 9.59 Å². The van der Waals surface area contributed by atoms with Crippen LogP contribution in [0.4, 0.5) is 4.79 Å². The van der Waals surface area contributed by atoms with Crippen molar-refractivity contribution >= 4 is 11.9 Å². The zero-order valence-corrected chi connectivity index (χ0v) is 6.05. The van der Waals surface area contributed by atoms with Crippen LogP contribution >= 0.6 is 0 Å². The highest BCUT2D eigenvalue weighted by Crippen LogP contribution is 1.95. The Bertz CT molecular complexity index is 222. The number of rotatable bonds is 2. The molecule has 0 fully saturated rings. The van der Waals surface area contributed by atoms with Crippen molar-refractivity contribution in [2.24, 2.45) is 0 Å². The lowest BCUT2D eigenvalue weighted by Crippen LogP contribution is -2.41. The van der Waals surface area contributed by atoms with E-state index in [1.165, 1.54) is 6.20 Å². The average molecular weight is 154 g/mol. The first kappa shape index (κ1) is 7.74. The molecule has 0 aromatic rings. The van der Waals surface area contributed by atoms with E-state index < -0.39 is 6.03 Å². The van der Waals surface area contributed by atoms with Crippen LogP contribution in [0.15, 0.2) is 11.8 Å². The number of hydrogen-bond donors (Lipinski definition) is 2. The first-order valence-electron chi connectivity index (χ1n) is 3.14. The Hall–Kier alpha value is -1.36. The van der Waals surface area contributed by atoms with Gasteiger partial charge in [0, 0.05) is 18.3 Å². The quantitative estimate of drug-likeness (QED) is 0.532. The Morgan fingerprint density at radius 2 is 2.36 bits per heavy atom. The van der Waals surface area contributed by atoms with Crippen molar-refractivity contribution in [3.8, 4) is 0 Å². The average Bonchev–Trinajstić information content (AvgIpc) is 1.95. The summed E-state index contributed by atoms with van der Waals surface area (Å²) in [5.74, 6) is -0.376. The summed E-state index contributed by atoms with van der Waals surface area (Å²) in [5, 5.41) is 8.25. The van der Waals surface area contributed by atoms with Crippen molar-refractivity contribution in [2.45, 2.75) is 0 Å². The molecule has 0 aromatic carbocycles. The summed E-state index contributed by atoms with van der Waals surface area (Å²) in [4.78, 5) is 21.4. The Kier molecular flexibility index (Phi) is 2.22. The van der Waals surface area contributed by atoms with E-state index in [1.54, 1.807) is 7.05 Å². The van der Waals surface area contributed by atoms with E-state index in [4.69, 9.17) is 0 Å². The molecule has 5 heteroatoms. The molecule has 5 nitrogen and oxygen atoms in total. The summed E-state index contributed by atoms with van der Waals surface area (Å²) in [7, 11) is 1.71. The molecular formula is C6H8N3O2. The Morgan fingerprint density at radius 1 is 1.64 bits per heavy atom. The highest BCUT2D eigenvalue weighted by molar-refractivity contribution is 6.06. The predicted molar refractivity (Wildman–Crippen MR) is 37.7 cm³/mol. The van der Waals surface area contributed by atoms with Crippen molar-refractivity contribution in [1.82, 2.24) is 16.0 Å². The van der Waals surface area contributed by atoms with Gasteiger partial charge >= 0.3 is 6.03 Å². The molecule has 0 unspecified atom stereocenters. The number of amides is 3. The Morgan fingerprint density at radius 3 is 2.91 bits per heavy atom. The zero-order chi connectivity index (χ0) is 8.27. The molecule has 0 aliphatic carbocycles. The summed E-state index contributed by atoms with van der Waals surface area (Å²) in [6.07, 6.45) is 1.28. The van der Waals surface area contributed by atoms with E-state index >= 15 is 0 Å². The number of carbonyl (C=O) groups is 2. The standard InChI is InChI=1S/C6H8N3O2/c1-7-2-4-3-8-6(11)9-5(4)10/h3,7H,2H2,1H3,(H,9,10,11). The van der Waals surface area contributed by atoms with E-state index in [0.717, 1.165) is 0 Å². The largest absolute Gasteiger partial charge is 0.347 e. The third-order valence-electron chi connectivity index (χ3n) is 1.22. The van der Waals surface area contributed by atoms with Gasteiger partial charge in [-0.15, -0.1) is 0 Å². The molecule has 0 saturated heterocycles. The number of hydrogen-bond acceptors (Lipinski definition) is 3. The fourth-order valence-corrected chi connectivity index (χ4v) is 0.721. The van der Waals surface area contributed by atoms with Crippen LogP contribution in [-0.2, 0) is 4.79 Å². The van der Waals surface area contributed by atoms with Crippen LogP contribution < -0.4 is 16.0 Å². The molecule has 0 bridgehead atoms. The monoisotopic (exact) mass is 154 g/mol. The van der Waals surface area contributed by atoms with Crippen molar-refractivity contribution in [3.05, 3.63) is 11.8 Å². The molecule has 1 aliphatic rings. The van der Waals surface area contributed by atoms with Gasteiger partial charge in [0.1, 0.15) is 0 Å². The highest BCUT2D eigenvalue weighted by atomic mass is 16.2. The Balaban J connectivity index is 2.64. The van der Waals surface area contributed by atoms with Gasteiger partial charge in [0.2, 0.25) is 0 Å². The van der Waals surface area contributed by atoms with Gasteiger partial charge < -0.3 is 5.32 Å². The predicted octanol–water partition coefficient (Wildman–Crippen LogP) is -1.06. The highest BCUT2D eigenvalue weighted by Gasteiger charge is 2.17. The van der Waals surface area contributed by atoms with Gasteiger partial charge in [-0.1, -0.05) is 0 Å². The number of nitrogens with one attached hydrogen (secondary N) is 2. The van der Waals surface area contributed by atoms with Gasteiger partial charge in [-0.05, 0) is 7.05 Å². The summed E-state index contributed by atoms with van der Waals surface area (Å²) < 4.78 is 0. The van der Waals surface area contributed by atoms with Gasteiger partial charge in [-0.2, -0.15) is 0 Å². The van der Waals surface area contributed by atoms with E-state index in [9.17, 15) is 9.59 Å². The van der Waals surface area contributed by atoms with Crippen LogP contribution in [0.2, 0.25) is 0 Å². The maximum atomic E-state index is 10.9. The topological polar surface area (TPSA) is 72.3 Å². The molecule has 0 saturated carbocycles. The fraction of sp³-hybridized carbons (Fsp3) is 0.333. The van der Waals surface area contributed by atoms with E-state index in [-0.39, 0.29) is 5.91 Å². The normalized spacial score (nSPS) is 17.0. The first-order valence-corrected chi connectivity index (χ1v) is 3.14. The second-order valence-electron chi connectivity index (χ2n) is 2.07. The third kappa shape index (κ3) is 1.78. The lowest BCUT2D eigenvalue weighted by molar-refractivity contribution is -0.116. The van der Waals surface area contributed by atoms with E-state index in [1.807, 2.05) is 0 Å². The van der Waals surface area contributed by atoms with Crippen LogP contribution in [0.5, 0.6) is 0 Å². The number of likely N-dealkylation sites (N-methyl/N-ethyl adjacent to an activating group) is 1. The maximum Gasteiger partial charge on any atom is 0.347 e. The lowest BCUT2D eigenvalue weighted by atomic mass is 10.2. The van der Waals surface area contributed by atoms with Crippen LogP contribution in [0.25, 0.3) is 0 Å². The van der Waals surface area contributed by atoms with Crippen LogP contribution in [0, 0.1) is 0 Å². The minimum Gasteiger partial charge on any atom is -0.315 e. The van der Waals surface area contributed by atoms with Gasteiger partial charge in [0.25, 0.3) is 5.91 Å². The Labute approximate surface area is 63.8 Å². The summed E-state index contributed by atoms with van der Waals surface area (Å²) in [5.41, 5.74) is 0.465. The maximum absolute atomic E-state index is 10.9. The molecule has 1 aliphatic heterocycles. The smallest absolute Gasteiger partial charge is 0.315 e. The molecule has 0 atom stereocenters. The molecule has 1 rings (SSSR count). The minimum absolute atomic E-state index is 0.376. The molecule has 3 amide bonds. The second-order valence-corrected chi connectivity index (χ2v) is 2.07. The van der Waals surface area contributed by atoms with Crippen LogP contribution in [0.1, 0.15) is 0 Å². The molecule has 59 valence electrons. The van der Waals surface area contributed by atoms with Gasteiger partial charge in [-0.3, -0.25) is 10.1 Å². The van der Waals surface area contributed by atoms with E-state index in [0.29, 0.717) is 12.1 Å². The molecule has 1 heterocycles. The molecular weight excluding hydrogens is 146 g/mol. The van der Waals surface area contributed by atoms with Gasteiger partial charge in [-0.25, -0.2) is 10.1 Å². The van der Waals surface area contributed by atoms with Crippen molar-refractivity contribution in [2.75, 3.05) is 13.6 Å². The molecule has 1 radical (unpaired) electrons. The molecule has 0 spiro atoms. The summed E-state index contributed by atoms with van der Waals surface area (Å²) in [6.45, 7) is 0.419. The second kappa shape index (κ2) is 3.16. The van der Waals surface area contributed by atoms with Gasteiger partial charge in [0.15, 0.2) is 0 Å². The summed E-state index contributed by atoms with van der Waals surface area (Å²) in [6, 6.07) is -0.602. The summed E-state index contributed by atoms with van der Waals surface area (Å²) >= 11 is 0. The first-order chi connectivity index (χ1) is 5.24. The van der Waals surface area contributed by atoms with Crippen LogP contribution in [-0.4, -0.2) is 25.5 Å². The fourth-order valence-electron chi connectivity index (χ4n) is 0.721.